The third kappa shape index (κ3) is 18.2. The van der Waals surface area contributed by atoms with Crippen molar-refractivity contribution in [1.29, 1.82) is 0 Å². The first-order chi connectivity index (χ1) is 21.1. The van der Waals surface area contributed by atoms with Gasteiger partial charge in [0.15, 0.2) is 11.5 Å². The lowest BCUT2D eigenvalue weighted by Gasteiger charge is -2.23. The van der Waals surface area contributed by atoms with Gasteiger partial charge in [0.1, 0.15) is 0 Å². The Morgan fingerprint density at radius 2 is 0.674 bits per heavy atom. The van der Waals surface area contributed by atoms with Crippen molar-refractivity contribution in [3.63, 3.8) is 0 Å². The highest BCUT2D eigenvalue weighted by Gasteiger charge is 2.24. The van der Waals surface area contributed by atoms with Crippen LogP contribution in [-0.4, -0.2) is 16.8 Å². The molecule has 0 bridgehead atoms. The molecule has 0 spiro atoms. The molecule has 2 N–H and O–H groups in total. The van der Waals surface area contributed by atoms with Gasteiger partial charge < -0.3 is 14.9 Å². The van der Waals surface area contributed by atoms with E-state index >= 15 is 0 Å². The first kappa shape index (κ1) is 39.6. The molecule has 3 heteroatoms. The number of aromatic hydroxyl groups is 2. The molecule has 0 aliphatic heterocycles. The van der Waals surface area contributed by atoms with E-state index in [1.807, 2.05) is 0 Å². The topological polar surface area (TPSA) is 49.7 Å². The average molecular weight is 603 g/mol. The molecule has 0 radical (unpaired) electrons. The Labute approximate surface area is 269 Å². The maximum absolute atomic E-state index is 11.4. The van der Waals surface area contributed by atoms with Crippen LogP contribution < -0.4 is 4.74 Å². The molecule has 1 rings (SSSR count). The van der Waals surface area contributed by atoms with Gasteiger partial charge in [-0.2, -0.15) is 0 Å². The van der Waals surface area contributed by atoms with Crippen LogP contribution in [0.15, 0.2) is 0 Å². The van der Waals surface area contributed by atoms with Crippen molar-refractivity contribution >= 4 is 0 Å². The van der Waals surface area contributed by atoms with Crippen molar-refractivity contribution in [2.45, 2.75) is 214 Å². The van der Waals surface area contributed by atoms with Crippen LogP contribution in [0.3, 0.4) is 0 Å². The molecule has 43 heavy (non-hydrogen) atoms. The Hall–Kier alpha value is -1.38. The van der Waals surface area contributed by atoms with Gasteiger partial charge in [0.05, 0.1) is 6.61 Å². The standard InChI is InChI=1S/C40H74O3/c1-5-9-13-17-20-23-27-31-35-36(32-28-24-21-18-14-10-6-2)38(41)39(42)40(43-34-30-26-16-12-8-4)37(35)33-29-25-22-19-15-11-7-3/h41-42H,5-34H2,1-4H3. The maximum atomic E-state index is 11.4. The molecule has 0 fully saturated rings. The van der Waals surface area contributed by atoms with Gasteiger partial charge in [-0.1, -0.05) is 169 Å². The van der Waals surface area contributed by atoms with Crippen LogP contribution in [0.1, 0.15) is 211 Å². The monoisotopic (exact) mass is 603 g/mol. The molecule has 1 aromatic carbocycles. The molecule has 0 aliphatic carbocycles. The normalized spacial score (nSPS) is 11.4. The molecular weight excluding hydrogens is 528 g/mol. The first-order valence-electron chi connectivity index (χ1n) is 19.3. The van der Waals surface area contributed by atoms with Crippen LogP contribution in [-0.2, 0) is 19.3 Å². The summed E-state index contributed by atoms with van der Waals surface area (Å²) in [6.07, 6.45) is 35.5. The van der Waals surface area contributed by atoms with E-state index in [2.05, 4.69) is 27.7 Å². The zero-order chi connectivity index (χ0) is 31.4. The minimum atomic E-state index is 0.00719. The second-order valence-corrected chi connectivity index (χ2v) is 13.3. The average Bonchev–Trinajstić information content (AvgIpc) is 3.01. The molecule has 3 nitrogen and oxygen atoms in total. The second kappa shape index (κ2) is 28.1. The smallest absolute Gasteiger partial charge is 0.201 e. The minimum absolute atomic E-state index is 0.00719. The van der Waals surface area contributed by atoms with Gasteiger partial charge in [-0.25, -0.2) is 0 Å². The van der Waals surface area contributed by atoms with Gasteiger partial charge in [0.2, 0.25) is 5.75 Å². The molecular formula is C40H74O3. The number of unbranched alkanes of at least 4 members (excludes halogenated alkanes) is 22. The quantitative estimate of drug-likeness (QED) is 0.0656. The number of ether oxygens (including phenoxy) is 1. The van der Waals surface area contributed by atoms with Gasteiger partial charge in [-0.3, -0.25) is 0 Å². The molecule has 0 heterocycles. The van der Waals surface area contributed by atoms with Crippen molar-refractivity contribution in [2.75, 3.05) is 6.61 Å². The zero-order valence-electron chi connectivity index (χ0n) is 29.5. The van der Waals surface area contributed by atoms with Crippen LogP contribution in [0.5, 0.6) is 17.2 Å². The van der Waals surface area contributed by atoms with E-state index in [1.54, 1.807) is 0 Å². The highest BCUT2D eigenvalue weighted by atomic mass is 16.5. The summed E-state index contributed by atoms with van der Waals surface area (Å²) in [6.45, 7) is 9.69. The third-order valence-electron chi connectivity index (χ3n) is 9.31. The van der Waals surface area contributed by atoms with Crippen molar-refractivity contribution in [2.24, 2.45) is 0 Å². The third-order valence-corrected chi connectivity index (χ3v) is 9.31. The Kier molecular flexibility index (Phi) is 25.9. The van der Waals surface area contributed by atoms with Gasteiger partial charge >= 0.3 is 0 Å². The van der Waals surface area contributed by atoms with E-state index in [-0.39, 0.29) is 11.5 Å². The second-order valence-electron chi connectivity index (χ2n) is 13.3. The summed E-state index contributed by atoms with van der Waals surface area (Å²) in [4.78, 5) is 0. The number of phenolic OH excluding ortho intramolecular Hbond substituents is 2. The zero-order valence-corrected chi connectivity index (χ0v) is 29.5. The van der Waals surface area contributed by atoms with Gasteiger partial charge in [-0.15, -0.1) is 0 Å². The number of benzene rings is 1. The highest BCUT2D eigenvalue weighted by molar-refractivity contribution is 5.62. The van der Waals surface area contributed by atoms with E-state index < -0.39 is 0 Å². The fraction of sp³-hybridized carbons (Fsp3) is 0.850. The fourth-order valence-electron chi connectivity index (χ4n) is 6.50. The van der Waals surface area contributed by atoms with Crippen LogP contribution >= 0.6 is 0 Å². The SMILES string of the molecule is CCCCCCCCCc1c(O)c(O)c(OCCCCCCC)c(CCCCCCCCC)c1CCCCCCCCC. The van der Waals surface area contributed by atoms with Crippen LogP contribution in [0.25, 0.3) is 0 Å². The summed E-state index contributed by atoms with van der Waals surface area (Å²) < 4.78 is 6.38. The molecule has 0 aliphatic rings. The number of hydrogen-bond acceptors (Lipinski definition) is 3. The first-order valence-corrected chi connectivity index (χ1v) is 19.3. The summed E-state index contributed by atoms with van der Waals surface area (Å²) in [5, 5.41) is 22.7. The lowest BCUT2D eigenvalue weighted by atomic mass is 9.88. The Morgan fingerprint density at radius 1 is 0.349 bits per heavy atom. The van der Waals surface area contributed by atoms with Crippen LogP contribution in [0.4, 0.5) is 0 Å². The Balaban J connectivity index is 3.11. The van der Waals surface area contributed by atoms with Crippen LogP contribution in [0.2, 0.25) is 0 Å². The molecule has 0 aromatic heterocycles. The van der Waals surface area contributed by atoms with E-state index in [9.17, 15) is 10.2 Å². The van der Waals surface area contributed by atoms with Crippen molar-refractivity contribution < 1.29 is 14.9 Å². The lowest BCUT2D eigenvalue weighted by molar-refractivity contribution is 0.278. The molecule has 1 aromatic rings. The van der Waals surface area contributed by atoms with Gasteiger partial charge in [-0.05, 0) is 50.5 Å². The van der Waals surface area contributed by atoms with E-state index in [1.165, 1.54) is 146 Å². The van der Waals surface area contributed by atoms with E-state index in [4.69, 9.17) is 4.74 Å². The summed E-state index contributed by atoms with van der Waals surface area (Å²) in [5.74, 6) is 0.709. The molecule has 0 saturated carbocycles. The maximum Gasteiger partial charge on any atom is 0.201 e. The largest absolute Gasteiger partial charge is 0.504 e. The Morgan fingerprint density at radius 3 is 1.09 bits per heavy atom. The predicted octanol–water partition coefficient (Wildman–Crippen LogP) is 13.3. The fourth-order valence-corrected chi connectivity index (χ4v) is 6.50. The van der Waals surface area contributed by atoms with Gasteiger partial charge in [0.25, 0.3) is 0 Å². The molecule has 0 amide bonds. The summed E-state index contributed by atoms with van der Waals surface area (Å²) >= 11 is 0. The number of rotatable bonds is 31. The highest BCUT2D eigenvalue weighted by Crippen LogP contribution is 2.46. The molecule has 0 saturated heterocycles. The van der Waals surface area contributed by atoms with Crippen molar-refractivity contribution in [1.82, 2.24) is 0 Å². The van der Waals surface area contributed by atoms with Crippen molar-refractivity contribution in [3.8, 4) is 17.2 Å². The summed E-state index contributed by atoms with van der Waals surface area (Å²) in [5.41, 5.74) is 3.54. The molecule has 0 unspecified atom stereocenters. The Bertz CT molecular complexity index is 772. The number of hydrogen-bond donors (Lipinski definition) is 2. The lowest BCUT2D eigenvalue weighted by Crippen LogP contribution is -2.08. The minimum Gasteiger partial charge on any atom is -0.504 e. The summed E-state index contributed by atoms with van der Waals surface area (Å²) in [6, 6.07) is 0. The summed E-state index contributed by atoms with van der Waals surface area (Å²) in [7, 11) is 0. The molecule has 0 atom stereocenters. The molecule has 252 valence electrons. The van der Waals surface area contributed by atoms with E-state index in [0.29, 0.717) is 12.4 Å². The van der Waals surface area contributed by atoms with Gasteiger partial charge in [0, 0.05) is 11.1 Å². The van der Waals surface area contributed by atoms with Crippen LogP contribution in [0, 0.1) is 0 Å². The number of phenols is 2. The predicted molar refractivity (Wildman–Crippen MR) is 189 cm³/mol. The van der Waals surface area contributed by atoms with E-state index in [0.717, 1.165) is 56.9 Å². The van der Waals surface area contributed by atoms with Crippen molar-refractivity contribution in [3.05, 3.63) is 16.7 Å².